The largest absolute Gasteiger partial charge is 0.443 e. The van der Waals surface area contributed by atoms with Crippen molar-refractivity contribution in [3.63, 3.8) is 0 Å². The van der Waals surface area contributed by atoms with E-state index >= 15 is 0 Å². The van der Waals surface area contributed by atoms with Gasteiger partial charge in [-0.25, -0.2) is 9.97 Å². The summed E-state index contributed by atoms with van der Waals surface area (Å²) in [6.07, 6.45) is 4.86. The van der Waals surface area contributed by atoms with Gasteiger partial charge in [0.15, 0.2) is 12.0 Å². The topological polar surface area (TPSA) is 80.9 Å². The minimum Gasteiger partial charge on any atom is -0.443 e. The van der Waals surface area contributed by atoms with Gasteiger partial charge in [0.1, 0.15) is 10.5 Å². The van der Waals surface area contributed by atoms with Gasteiger partial charge in [0.05, 0.1) is 12.2 Å². The van der Waals surface area contributed by atoms with Crippen LogP contribution in [0.5, 0.6) is 0 Å². The summed E-state index contributed by atoms with van der Waals surface area (Å²) in [6, 6.07) is 8.99. The second-order valence-corrected chi connectivity index (χ2v) is 5.96. The zero-order valence-corrected chi connectivity index (χ0v) is 13.3. The molecule has 0 spiro atoms. The summed E-state index contributed by atoms with van der Waals surface area (Å²) in [5, 5.41) is 5.69. The maximum absolute atomic E-state index is 12.3. The van der Waals surface area contributed by atoms with Gasteiger partial charge in [-0.1, -0.05) is 0 Å². The Balaban J connectivity index is 1.45. The van der Waals surface area contributed by atoms with Crippen LogP contribution in [-0.2, 0) is 6.54 Å². The molecule has 0 atom stereocenters. The van der Waals surface area contributed by atoms with E-state index in [1.165, 1.54) is 17.7 Å². The lowest BCUT2D eigenvalue weighted by atomic mass is 10.2. The molecule has 0 saturated carbocycles. The number of oxazole rings is 1. The highest BCUT2D eigenvalue weighted by atomic mass is 32.1. The number of carbonyl (C=O) groups is 1. The number of hydrogen-bond donors (Lipinski definition) is 1. The fraction of sp³-hybridized carbons (Fsp3) is 0.0588. The highest BCUT2D eigenvalue weighted by Gasteiger charge is 2.10. The van der Waals surface area contributed by atoms with E-state index in [9.17, 15) is 4.79 Å². The number of nitrogens with one attached hydrogen (secondary N) is 1. The van der Waals surface area contributed by atoms with Gasteiger partial charge < -0.3 is 9.73 Å². The van der Waals surface area contributed by atoms with Gasteiger partial charge in [-0.2, -0.15) is 0 Å². The Morgan fingerprint density at radius 2 is 2.25 bits per heavy atom. The van der Waals surface area contributed by atoms with Crippen LogP contribution in [0.15, 0.2) is 58.9 Å². The molecule has 1 amide bonds. The number of amides is 1. The summed E-state index contributed by atoms with van der Waals surface area (Å²) in [7, 11) is 0. The first-order chi connectivity index (χ1) is 11.8. The minimum atomic E-state index is -0.171. The third-order valence-corrected chi connectivity index (χ3v) is 4.42. The molecule has 24 heavy (non-hydrogen) atoms. The van der Waals surface area contributed by atoms with Crippen molar-refractivity contribution in [1.29, 1.82) is 0 Å². The van der Waals surface area contributed by atoms with E-state index in [4.69, 9.17) is 4.42 Å². The van der Waals surface area contributed by atoms with Crippen molar-refractivity contribution in [3.8, 4) is 10.6 Å². The Morgan fingerprint density at radius 3 is 3.12 bits per heavy atom. The lowest BCUT2D eigenvalue weighted by molar-refractivity contribution is 0.0950. The molecule has 3 aromatic heterocycles. The van der Waals surface area contributed by atoms with Crippen LogP contribution in [0.25, 0.3) is 21.7 Å². The van der Waals surface area contributed by atoms with Crippen LogP contribution in [0.1, 0.15) is 16.1 Å². The average molecular weight is 336 g/mol. The molecule has 1 aromatic carbocycles. The van der Waals surface area contributed by atoms with E-state index in [-0.39, 0.29) is 5.91 Å². The van der Waals surface area contributed by atoms with E-state index in [2.05, 4.69) is 20.3 Å². The molecule has 4 aromatic rings. The number of fused-ring (bicyclic) bond motifs is 1. The number of nitrogens with zero attached hydrogens (tertiary/aromatic N) is 3. The first-order valence-corrected chi connectivity index (χ1v) is 8.14. The quantitative estimate of drug-likeness (QED) is 0.618. The van der Waals surface area contributed by atoms with E-state index in [1.807, 2.05) is 17.5 Å². The third kappa shape index (κ3) is 2.89. The Morgan fingerprint density at radius 1 is 1.29 bits per heavy atom. The fourth-order valence-corrected chi connectivity index (χ4v) is 3.09. The molecular weight excluding hydrogens is 324 g/mol. The highest BCUT2D eigenvalue weighted by Crippen LogP contribution is 2.22. The molecule has 6 nitrogen and oxygen atoms in total. The van der Waals surface area contributed by atoms with Crippen LogP contribution in [0.4, 0.5) is 0 Å². The number of benzene rings is 1. The summed E-state index contributed by atoms with van der Waals surface area (Å²) >= 11 is 1.53. The van der Waals surface area contributed by atoms with Gasteiger partial charge in [-0.05, 0) is 30.3 Å². The standard InChI is InChI=1S/C17H12N4O2S/c22-16(11-3-4-15-14(6-11)20-10-23-15)19-8-13-9-24-17(21-13)12-2-1-5-18-7-12/h1-7,9-10H,8H2,(H,19,22). The molecule has 4 rings (SSSR count). The predicted molar refractivity (Wildman–Crippen MR) is 90.5 cm³/mol. The first-order valence-electron chi connectivity index (χ1n) is 7.26. The predicted octanol–water partition coefficient (Wildman–Crippen LogP) is 3.28. The number of carbonyl (C=O) groups excluding carboxylic acids is 1. The van der Waals surface area contributed by atoms with Crippen LogP contribution in [0.3, 0.4) is 0 Å². The monoisotopic (exact) mass is 336 g/mol. The molecule has 3 heterocycles. The zero-order chi connectivity index (χ0) is 16.4. The number of thiazole rings is 1. The molecule has 0 unspecified atom stereocenters. The number of hydrogen-bond acceptors (Lipinski definition) is 6. The van der Waals surface area contributed by atoms with E-state index in [0.717, 1.165) is 16.3 Å². The number of aromatic nitrogens is 3. The van der Waals surface area contributed by atoms with E-state index in [1.54, 1.807) is 30.6 Å². The van der Waals surface area contributed by atoms with Gasteiger partial charge in [-0.3, -0.25) is 9.78 Å². The Labute approximate surface area is 141 Å². The van der Waals surface area contributed by atoms with Gasteiger partial charge in [0.2, 0.25) is 0 Å². The maximum Gasteiger partial charge on any atom is 0.251 e. The lowest BCUT2D eigenvalue weighted by Gasteiger charge is -2.03. The zero-order valence-electron chi connectivity index (χ0n) is 12.5. The SMILES string of the molecule is O=C(NCc1csc(-c2cccnc2)n1)c1ccc2ocnc2c1. The molecule has 0 saturated heterocycles. The van der Waals surface area contributed by atoms with Crippen molar-refractivity contribution in [2.24, 2.45) is 0 Å². The Hall–Kier alpha value is -3.06. The second kappa shape index (κ2) is 6.21. The minimum absolute atomic E-state index is 0.171. The van der Waals surface area contributed by atoms with Gasteiger partial charge >= 0.3 is 0 Å². The molecule has 0 aliphatic rings. The van der Waals surface area contributed by atoms with Gasteiger partial charge in [-0.15, -0.1) is 11.3 Å². The van der Waals surface area contributed by atoms with E-state index in [0.29, 0.717) is 23.2 Å². The van der Waals surface area contributed by atoms with Crippen molar-refractivity contribution >= 4 is 28.3 Å². The molecule has 0 aliphatic carbocycles. The fourth-order valence-electron chi connectivity index (χ4n) is 2.28. The second-order valence-electron chi connectivity index (χ2n) is 5.10. The maximum atomic E-state index is 12.3. The van der Waals surface area contributed by atoms with Crippen molar-refractivity contribution in [3.05, 3.63) is 65.8 Å². The number of rotatable bonds is 4. The summed E-state index contributed by atoms with van der Waals surface area (Å²) in [5.41, 5.74) is 3.65. The van der Waals surface area contributed by atoms with Gasteiger partial charge in [0.25, 0.3) is 5.91 Å². The van der Waals surface area contributed by atoms with Crippen molar-refractivity contribution in [2.45, 2.75) is 6.54 Å². The molecule has 1 N–H and O–H groups in total. The lowest BCUT2D eigenvalue weighted by Crippen LogP contribution is -2.22. The van der Waals surface area contributed by atoms with Crippen LogP contribution >= 0.6 is 11.3 Å². The summed E-state index contributed by atoms with van der Waals surface area (Å²) in [5.74, 6) is -0.171. The van der Waals surface area contributed by atoms with Crippen molar-refractivity contribution in [1.82, 2.24) is 20.3 Å². The summed E-state index contributed by atoms with van der Waals surface area (Å²) < 4.78 is 5.17. The van der Waals surface area contributed by atoms with Crippen molar-refractivity contribution < 1.29 is 9.21 Å². The number of pyridine rings is 1. The molecule has 0 fully saturated rings. The Kier molecular flexibility index (Phi) is 3.76. The van der Waals surface area contributed by atoms with Crippen LogP contribution in [0, 0.1) is 0 Å². The summed E-state index contributed by atoms with van der Waals surface area (Å²) in [4.78, 5) is 24.9. The Bertz CT molecular complexity index is 994. The highest BCUT2D eigenvalue weighted by molar-refractivity contribution is 7.13. The van der Waals surface area contributed by atoms with Crippen LogP contribution < -0.4 is 5.32 Å². The van der Waals surface area contributed by atoms with Crippen LogP contribution in [0.2, 0.25) is 0 Å². The van der Waals surface area contributed by atoms with Crippen LogP contribution in [-0.4, -0.2) is 20.9 Å². The molecule has 7 heteroatoms. The molecule has 118 valence electrons. The first kappa shape index (κ1) is 14.5. The van der Waals surface area contributed by atoms with Crippen molar-refractivity contribution in [2.75, 3.05) is 0 Å². The molecule has 0 radical (unpaired) electrons. The van der Waals surface area contributed by atoms with E-state index < -0.39 is 0 Å². The average Bonchev–Trinajstić information content (AvgIpc) is 3.29. The van der Waals surface area contributed by atoms with Gasteiger partial charge in [0, 0.05) is 28.9 Å². The normalized spacial score (nSPS) is 10.8. The molecular formula is C17H12N4O2S. The molecule has 0 bridgehead atoms. The molecule has 0 aliphatic heterocycles. The third-order valence-electron chi connectivity index (χ3n) is 3.48. The summed E-state index contributed by atoms with van der Waals surface area (Å²) in [6.45, 7) is 0.368. The smallest absolute Gasteiger partial charge is 0.251 e.